The number of ether oxygens (including phenoxy) is 1. The van der Waals surface area contributed by atoms with Crippen LogP contribution in [0.4, 0.5) is 0 Å². The van der Waals surface area contributed by atoms with Gasteiger partial charge in [0.1, 0.15) is 5.75 Å². The Kier molecular flexibility index (Phi) is 5.28. The molecule has 3 heteroatoms. The van der Waals surface area contributed by atoms with Crippen molar-refractivity contribution >= 4 is 5.78 Å². The van der Waals surface area contributed by atoms with Crippen molar-refractivity contribution in [2.24, 2.45) is 5.92 Å². The molecule has 0 aliphatic carbocycles. The summed E-state index contributed by atoms with van der Waals surface area (Å²) in [5.74, 6) is 1.59. The lowest BCUT2D eigenvalue weighted by molar-refractivity contribution is 0.0935. The Morgan fingerprint density at radius 1 is 1.27 bits per heavy atom. The molecule has 0 unspecified atom stereocenters. The summed E-state index contributed by atoms with van der Waals surface area (Å²) < 4.78 is 5.51. The van der Waals surface area contributed by atoms with Gasteiger partial charge in [0.15, 0.2) is 5.78 Å². The van der Waals surface area contributed by atoms with Crippen molar-refractivity contribution in [1.82, 2.24) is 4.90 Å². The number of benzene rings is 1. The van der Waals surface area contributed by atoms with Crippen LogP contribution in [0.25, 0.3) is 0 Å². The molecule has 1 aromatic carbocycles. The molecule has 0 amide bonds. The summed E-state index contributed by atoms with van der Waals surface area (Å²) in [6, 6.07) is 5.92. The van der Waals surface area contributed by atoms with Gasteiger partial charge in [-0.15, -0.1) is 0 Å². The van der Waals surface area contributed by atoms with Gasteiger partial charge >= 0.3 is 0 Å². The fourth-order valence-electron chi connectivity index (χ4n) is 3.13. The van der Waals surface area contributed by atoms with Crippen molar-refractivity contribution < 1.29 is 9.53 Å². The number of nitrogens with zero attached hydrogens (tertiary/aromatic N) is 1. The van der Waals surface area contributed by atoms with Gasteiger partial charge in [-0.05, 0) is 55.9 Å². The molecule has 3 nitrogen and oxygen atoms in total. The SMILES string of the molecule is COc1cc(C(=O)CC2CCN(C)CC2)ccc1C(C)(C)C. The van der Waals surface area contributed by atoms with E-state index in [0.717, 1.165) is 42.8 Å². The van der Waals surface area contributed by atoms with Crippen LogP contribution in [-0.2, 0) is 5.41 Å². The molecule has 1 saturated heterocycles. The first kappa shape index (κ1) is 17.0. The van der Waals surface area contributed by atoms with Crippen LogP contribution in [-0.4, -0.2) is 37.9 Å². The molecule has 122 valence electrons. The lowest BCUT2D eigenvalue weighted by Crippen LogP contribution is -2.31. The highest BCUT2D eigenvalue weighted by atomic mass is 16.5. The van der Waals surface area contributed by atoms with Gasteiger partial charge in [-0.2, -0.15) is 0 Å². The summed E-state index contributed by atoms with van der Waals surface area (Å²) in [6.07, 6.45) is 2.91. The monoisotopic (exact) mass is 303 g/mol. The normalized spacial score (nSPS) is 17.5. The maximum atomic E-state index is 12.6. The molecule has 0 radical (unpaired) electrons. The Morgan fingerprint density at radius 2 is 1.91 bits per heavy atom. The number of carbonyl (C=O) groups is 1. The minimum Gasteiger partial charge on any atom is -0.496 e. The molecule has 1 heterocycles. The van der Waals surface area contributed by atoms with Gasteiger partial charge in [-0.1, -0.05) is 32.9 Å². The van der Waals surface area contributed by atoms with Crippen LogP contribution in [0.5, 0.6) is 5.75 Å². The van der Waals surface area contributed by atoms with Crippen LogP contribution in [0.15, 0.2) is 18.2 Å². The maximum absolute atomic E-state index is 12.6. The number of rotatable bonds is 4. The molecule has 1 aromatic rings. The van der Waals surface area contributed by atoms with Crippen molar-refractivity contribution in [3.8, 4) is 5.75 Å². The van der Waals surface area contributed by atoms with Gasteiger partial charge in [-0.25, -0.2) is 0 Å². The third-order valence-corrected chi connectivity index (χ3v) is 4.64. The van der Waals surface area contributed by atoms with E-state index >= 15 is 0 Å². The fourth-order valence-corrected chi connectivity index (χ4v) is 3.13. The minimum absolute atomic E-state index is 0.0148. The lowest BCUT2D eigenvalue weighted by atomic mass is 9.84. The quantitative estimate of drug-likeness (QED) is 0.790. The number of methoxy groups -OCH3 is 1. The van der Waals surface area contributed by atoms with E-state index in [9.17, 15) is 4.79 Å². The number of Topliss-reactive ketones (excluding diaryl/α,β-unsaturated/α-hetero) is 1. The first-order valence-corrected chi connectivity index (χ1v) is 8.21. The van der Waals surface area contributed by atoms with E-state index < -0.39 is 0 Å². The van der Waals surface area contributed by atoms with Crippen molar-refractivity contribution in [2.45, 2.75) is 45.4 Å². The summed E-state index contributed by atoms with van der Waals surface area (Å²) in [4.78, 5) is 14.9. The second-order valence-electron chi connectivity index (χ2n) is 7.54. The lowest BCUT2D eigenvalue weighted by Gasteiger charge is -2.28. The van der Waals surface area contributed by atoms with E-state index in [4.69, 9.17) is 4.74 Å². The number of hydrogen-bond donors (Lipinski definition) is 0. The zero-order chi connectivity index (χ0) is 16.3. The third kappa shape index (κ3) is 4.10. The summed E-state index contributed by atoms with van der Waals surface area (Å²) in [7, 11) is 3.82. The van der Waals surface area contributed by atoms with Gasteiger partial charge in [0.2, 0.25) is 0 Å². The molecule has 0 aromatic heterocycles. The topological polar surface area (TPSA) is 29.5 Å². The van der Waals surface area contributed by atoms with Crippen molar-refractivity contribution in [1.29, 1.82) is 0 Å². The molecule has 1 aliphatic rings. The van der Waals surface area contributed by atoms with Crippen molar-refractivity contribution in [3.63, 3.8) is 0 Å². The molecule has 0 bridgehead atoms. The summed E-state index contributed by atoms with van der Waals surface area (Å²) in [5, 5.41) is 0. The third-order valence-electron chi connectivity index (χ3n) is 4.64. The number of likely N-dealkylation sites (tertiary alicyclic amines) is 1. The molecule has 1 fully saturated rings. The number of ketones is 1. The van der Waals surface area contributed by atoms with Crippen molar-refractivity contribution in [2.75, 3.05) is 27.2 Å². The maximum Gasteiger partial charge on any atom is 0.163 e. The number of hydrogen-bond acceptors (Lipinski definition) is 3. The summed E-state index contributed by atoms with van der Waals surface area (Å²) in [5.41, 5.74) is 1.94. The Hall–Kier alpha value is -1.35. The zero-order valence-corrected chi connectivity index (χ0v) is 14.6. The molecular weight excluding hydrogens is 274 g/mol. The van der Waals surface area contributed by atoms with Crippen molar-refractivity contribution in [3.05, 3.63) is 29.3 Å². The smallest absolute Gasteiger partial charge is 0.163 e. The molecule has 0 atom stereocenters. The van der Waals surface area contributed by atoms with Crippen LogP contribution in [0, 0.1) is 5.92 Å². The standard InChI is InChI=1S/C19H29NO2/c1-19(2,3)16-7-6-15(13-18(16)22-5)17(21)12-14-8-10-20(4)11-9-14/h6-7,13-14H,8-12H2,1-5H3. The molecule has 0 spiro atoms. The number of piperidine rings is 1. The highest BCUT2D eigenvalue weighted by molar-refractivity contribution is 5.96. The predicted octanol–water partition coefficient (Wildman–Crippen LogP) is 3.91. The van der Waals surface area contributed by atoms with Crippen LogP contribution in [0.1, 0.15) is 56.0 Å². The summed E-state index contributed by atoms with van der Waals surface area (Å²) >= 11 is 0. The van der Waals surface area contributed by atoms with E-state index in [2.05, 4.69) is 32.7 Å². The van der Waals surface area contributed by atoms with E-state index in [0.29, 0.717) is 12.3 Å². The van der Waals surface area contributed by atoms with Crippen LogP contribution in [0.2, 0.25) is 0 Å². The Balaban J connectivity index is 2.10. The van der Waals surface area contributed by atoms with E-state index in [1.165, 1.54) is 0 Å². The fraction of sp³-hybridized carbons (Fsp3) is 0.632. The molecule has 1 aliphatic heterocycles. The van der Waals surface area contributed by atoms with Gasteiger partial charge in [0.25, 0.3) is 0 Å². The van der Waals surface area contributed by atoms with Gasteiger partial charge in [0.05, 0.1) is 7.11 Å². The van der Waals surface area contributed by atoms with Gasteiger partial charge in [0, 0.05) is 12.0 Å². The minimum atomic E-state index is 0.0148. The van der Waals surface area contributed by atoms with E-state index in [1.807, 2.05) is 18.2 Å². The predicted molar refractivity (Wildman–Crippen MR) is 90.9 cm³/mol. The molecule has 2 rings (SSSR count). The first-order valence-electron chi connectivity index (χ1n) is 8.21. The van der Waals surface area contributed by atoms with Crippen LogP contribution in [0.3, 0.4) is 0 Å². The Labute approximate surface area is 134 Å². The highest BCUT2D eigenvalue weighted by Crippen LogP contribution is 2.32. The largest absolute Gasteiger partial charge is 0.496 e. The Bertz CT molecular complexity index is 523. The van der Waals surface area contributed by atoms with Crippen LogP contribution < -0.4 is 4.74 Å². The van der Waals surface area contributed by atoms with E-state index in [1.54, 1.807) is 7.11 Å². The van der Waals surface area contributed by atoms with E-state index in [-0.39, 0.29) is 11.2 Å². The second kappa shape index (κ2) is 6.82. The molecular formula is C19H29NO2. The average Bonchev–Trinajstić information content (AvgIpc) is 2.48. The number of carbonyl (C=O) groups excluding carboxylic acids is 1. The molecule has 22 heavy (non-hydrogen) atoms. The second-order valence-corrected chi connectivity index (χ2v) is 7.54. The van der Waals surface area contributed by atoms with Gasteiger partial charge < -0.3 is 9.64 Å². The Morgan fingerprint density at radius 3 is 2.45 bits per heavy atom. The van der Waals surface area contributed by atoms with Crippen LogP contribution >= 0.6 is 0 Å². The molecule has 0 saturated carbocycles. The first-order chi connectivity index (χ1) is 10.3. The molecule has 0 N–H and O–H groups in total. The average molecular weight is 303 g/mol. The summed E-state index contributed by atoms with van der Waals surface area (Å²) in [6.45, 7) is 8.68. The van der Waals surface area contributed by atoms with Gasteiger partial charge in [-0.3, -0.25) is 4.79 Å². The highest BCUT2D eigenvalue weighted by Gasteiger charge is 2.23. The zero-order valence-electron chi connectivity index (χ0n) is 14.6.